The molecule has 0 saturated carbocycles. The summed E-state index contributed by atoms with van der Waals surface area (Å²) in [6.45, 7) is 16.9. The van der Waals surface area contributed by atoms with Crippen LogP contribution in [0.1, 0.15) is 107 Å². The van der Waals surface area contributed by atoms with Gasteiger partial charge < -0.3 is 78.0 Å². The van der Waals surface area contributed by atoms with Gasteiger partial charge in [-0.1, -0.05) is 44.9 Å². The molecule has 0 aromatic rings. The Morgan fingerprint density at radius 1 is 0.826 bits per heavy atom. The Morgan fingerprint density at radius 2 is 1.49 bits per heavy atom. The Kier molecular flexibility index (Phi) is 22.1. The lowest BCUT2D eigenvalue weighted by atomic mass is 9.79. The molecule has 0 aromatic heterocycles. The zero-order chi connectivity index (χ0) is 50.9. The summed E-state index contributed by atoms with van der Waals surface area (Å²) in [5.41, 5.74) is -0.720. The third-order valence-electron chi connectivity index (χ3n) is 15.3. The molecule has 0 amide bonds. The van der Waals surface area contributed by atoms with E-state index in [2.05, 4.69) is 4.90 Å². The first kappa shape index (κ1) is 57.9. The first-order valence-electron chi connectivity index (χ1n) is 25.5. The number of cyclic esters (lactones) is 1. The number of aliphatic hydroxyl groups is 5. The molecule has 69 heavy (non-hydrogen) atoms. The van der Waals surface area contributed by atoms with Crippen molar-refractivity contribution in [3.63, 3.8) is 0 Å². The van der Waals surface area contributed by atoms with Gasteiger partial charge in [-0.15, -0.1) is 0 Å². The molecule has 4 saturated heterocycles. The van der Waals surface area contributed by atoms with E-state index in [4.69, 9.17) is 42.6 Å². The van der Waals surface area contributed by atoms with Gasteiger partial charge in [-0.25, -0.2) is 0 Å². The van der Waals surface area contributed by atoms with Crippen LogP contribution in [0.3, 0.4) is 0 Å². The van der Waals surface area contributed by atoms with Crippen LogP contribution in [0.15, 0.2) is 23.8 Å². The molecule has 0 spiro atoms. The Hall–Kier alpha value is -1.98. The number of allylic oxidation sites excluding steroid dienone is 3. The molecule has 5 N–H and O–H groups in total. The number of carbonyl (C=O) groups excluding carboxylic acids is 2. The number of ether oxygens (including phenoxy) is 9. The van der Waals surface area contributed by atoms with Gasteiger partial charge in [0.05, 0.1) is 55.2 Å². The topological polar surface area (TPSA) is 225 Å². The predicted octanol–water partition coefficient (Wildman–Crippen LogP) is 3.12. The van der Waals surface area contributed by atoms with Gasteiger partial charge in [0, 0.05) is 38.4 Å². The van der Waals surface area contributed by atoms with Crippen molar-refractivity contribution in [1.82, 2.24) is 9.80 Å². The van der Waals surface area contributed by atoms with E-state index in [1.54, 1.807) is 26.0 Å². The second kappa shape index (κ2) is 26.3. The number of ketones is 1. The van der Waals surface area contributed by atoms with E-state index in [1.807, 2.05) is 59.7 Å². The number of carbonyl (C=O) groups is 2. The lowest BCUT2D eigenvalue weighted by Crippen LogP contribution is -2.65. The minimum Gasteiger partial charge on any atom is -0.462 e. The minimum atomic E-state index is -1.47. The van der Waals surface area contributed by atoms with Crippen molar-refractivity contribution in [1.29, 1.82) is 0 Å². The highest BCUT2D eigenvalue weighted by Crippen LogP contribution is 2.38. The van der Waals surface area contributed by atoms with Crippen LogP contribution in [-0.4, -0.2) is 205 Å². The van der Waals surface area contributed by atoms with Crippen LogP contribution in [0.4, 0.5) is 0 Å². The number of hydrogen-bond acceptors (Lipinski definition) is 18. The number of piperidine rings is 1. The molecule has 4 fully saturated rings. The molecule has 0 aromatic carbocycles. The van der Waals surface area contributed by atoms with Gasteiger partial charge in [0.15, 0.2) is 24.7 Å². The van der Waals surface area contributed by atoms with Gasteiger partial charge in [0.1, 0.15) is 42.7 Å². The van der Waals surface area contributed by atoms with Crippen molar-refractivity contribution in [3.05, 3.63) is 23.8 Å². The van der Waals surface area contributed by atoms with E-state index in [9.17, 15) is 35.1 Å². The molecule has 21 atom stereocenters. The fourth-order valence-electron chi connectivity index (χ4n) is 11.0. The number of aliphatic hydroxyl groups excluding tert-OH is 4. The molecule has 5 aliphatic rings. The maximum absolute atomic E-state index is 14.1. The summed E-state index contributed by atoms with van der Waals surface area (Å²) in [6.07, 6.45) is -3.68. The van der Waals surface area contributed by atoms with Gasteiger partial charge in [-0.2, -0.15) is 0 Å². The van der Waals surface area contributed by atoms with Crippen LogP contribution in [0.5, 0.6) is 0 Å². The molecule has 0 radical (unpaired) electrons. The van der Waals surface area contributed by atoms with Gasteiger partial charge in [-0.05, 0) is 112 Å². The van der Waals surface area contributed by atoms with Crippen molar-refractivity contribution >= 4 is 11.8 Å². The zero-order valence-electron chi connectivity index (χ0n) is 43.4. The largest absolute Gasteiger partial charge is 0.462 e. The maximum atomic E-state index is 14.1. The third-order valence-corrected chi connectivity index (χ3v) is 15.3. The summed E-state index contributed by atoms with van der Waals surface area (Å²) in [5, 5.41) is 56.6. The average Bonchev–Trinajstić information content (AvgIpc) is 3.30. The average molecular weight is 985 g/mol. The molecule has 398 valence electrons. The summed E-state index contributed by atoms with van der Waals surface area (Å²) < 4.78 is 55.7. The molecule has 0 aliphatic carbocycles. The first-order chi connectivity index (χ1) is 32.6. The van der Waals surface area contributed by atoms with E-state index in [1.165, 1.54) is 27.6 Å². The lowest BCUT2D eigenvalue weighted by molar-refractivity contribution is -0.342. The van der Waals surface area contributed by atoms with E-state index >= 15 is 0 Å². The van der Waals surface area contributed by atoms with Crippen molar-refractivity contribution in [2.24, 2.45) is 23.7 Å². The van der Waals surface area contributed by atoms with E-state index < -0.39 is 127 Å². The summed E-state index contributed by atoms with van der Waals surface area (Å²) in [7, 11) is 6.60. The van der Waals surface area contributed by atoms with Crippen LogP contribution in [0.25, 0.3) is 0 Å². The highest BCUT2D eigenvalue weighted by molar-refractivity contribution is 5.91. The molecular formula is C51H88N2O16. The fourth-order valence-corrected chi connectivity index (χ4v) is 11.0. The summed E-state index contributed by atoms with van der Waals surface area (Å²) >= 11 is 0. The van der Waals surface area contributed by atoms with Gasteiger partial charge in [0.25, 0.3) is 0 Å². The summed E-state index contributed by atoms with van der Waals surface area (Å²) in [6, 6.07) is -0.686. The van der Waals surface area contributed by atoms with E-state index in [0.717, 1.165) is 38.0 Å². The minimum absolute atomic E-state index is 0.00347. The Labute approximate surface area is 410 Å². The fraction of sp³-hybridized carbons (Fsp3) is 0.882. The molecule has 0 unspecified atom stereocenters. The Morgan fingerprint density at radius 3 is 2.12 bits per heavy atom. The van der Waals surface area contributed by atoms with Gasteiger partial charge in [0.2, 0.25) is 0 Å². The number of methoxy groups -OCH3 is 2. The zero-order valence-corrected chi connectivity index (χ0v) is 43.4. The molecule has 5 rings (SSSR count). The smallest absolute Gasteiger partial charge is 0.308 e. The van der Waals surface area contributed by atoms with Crippen LogP contribution in [-0.2, 0) is 52.2 Å². The van der Waals surface area contributed by atoms with Crippen LogP contribution >= 0.6 is 0 Å². The number of likely N-dealkylation sites (N-methyl/N-ethyl adjacent to an activating group) is 1. The van der Waals surface area contributed by atoms with Gasteiger partial charge >= 0.3 is 5.97 Å². The first-order valence-corrected chi connectivity index (χ1v) is 25.5. The number of hydrogen-bond donors (Lipinski definition) is 5. The van der Waals surface area contributed by atoms with Crippen LogP contribution in [0.2, 0.25) is 0 Å². The molecule has 0 bridgehead atoms. The van der Waals surface area contributed by atoms with Crippen molar-refractivity contribution in [3.8, 4) is 0 Å². The molecule has 5 aliphatic heterocycles. The maximum Gasteiger partial charge on any atom is 0.308 e. The number of rotatable bonds is 14. The molecule has 5 heterocycles. The second-order valence-electron chi connectivity index (χ2n) is 21.0. The highest BCUT2D eigenvalue weighted by atomic mass is 16.7. The third kappa shape index (κ3) is 15.1. The number of nitrogens with zero attached hydrogens (tertiary/aromatic N) is 2. The highest BCUT2D eigenvalue weighted by Gasteiger charge is 2.52. The van der Waals surface area contributed by atoms with Crippen molar-refractivity contribution in [2.45, 2.75) is 211 Å². The number of esters is 1. The standard InChI is InChI=1S/C51H88N2O16/c1-13-38-35(27-63-50-47(62-12)46(61-11)42(57)31(5)65-50)23-28(2)17-18-36(54)29(3)24-34(19-22-53-20-15-14-16-21-53)44(30(4)37(55)25-39(56)67-38)69-49-43(58)41(52(9)10)45(32(6)66-49)68-40-26-51(8,60)48(59)33(7)64-40/h17-18,23,29-35,37-38,40-50,55,57-60H,13-16,19-22,24-27H2,1-12H3/t29-,30+,31-,32-,33+,34+,35-,37-,38+,40+,41-,42-,43+,44-,45-,46+,47-,48+,49+,50-,51-/m1/s1. The second-order valence-corrected chi connectivity index (χ2v) is 21.0. The normalized spacial score (nSPS) is 43.9. The Balaban J connectivity index is 1.44. The monoisotopic (exact) mass is 985 g/mol. The lowest BCUT2D eigenvalue weighted by Gasteiger charge is -2.50. The van der Waals surface area contributed by atoms with Crippen LogP contribution < -0.4 is 0 Å². The van der Waals surface area contributed by atoms with E-state index in [0.29, 0.717) is 19.3 Å². The predicted molar refractivity (Wildman–Crippen MR) is 255 cm³/mol. The summed E-state index contributed by atoms with van der Waals surface area (Å²) in [5.74, 6) is -2.72. The Bertz CT molecular complexity index is 1660. The molecule has 18 nitrogen and oxygen atoms in total. The quantitative estimate of drug-likeness (QED) is 0.158. The van der Waals surface area contributed by atoms with E-state index in [-0.39, 0.29) is 31.1 Å². The molecular weight excluding hydrogens is 897 g/mol. The van der Waals surface area contributed by atoms with Gasteiger partial charge in [-0.3, -0.25) is 9.59 Å². The summed E-state index contributed by atoms with van der Waals surface area (Å²) in [4.78, 5) is 32.4. The molecule has 18 heteroatoms. The van der Waals surface area contributed by atoms with Crippen LogP contribution in [0, 0.1) is 23.7 Å². The SMILES string of the molecule is CC[C@@H]1OC(=O)C[C@@H](O)[C@H](C)[C@@H](O[C@@H]2O[C@H](C)[C@@H](O[C@H]3C[C@@](C)(O)[C@@H](O)[C@H](C)O3)[C@H](N(C)C)[C@@H]2O)[C@@H](CCN2CCCCC2)C[C@@H](C)C(=O)C=CC(C)=C[C@@H]1CO[C@@H]1O[C@H](C)[C@@H](O)[C@H](OC)[C@H]1OC. The van der Waals surface area contributed by atoms with Crippen molar-refractivity contribution < 1.29 is 77.8 Å². The van der Waals surface area contributed by atoms with Crippen molar-refractivity contribution in [2.75, 3.05) is 54.6 Å². The number of likely N-dealkylation sites (tertiary alicyclic amines) is 1.